The Bertz CT molecular complexity index is 896. The van der Waals surface area contributed by atoms with E-state index in [1.807, 2.05) is 6.07 Å². The second kappa shape index (κ2) is 7.13. The third kappa shape index (κ3) is 3.75. The molecule has 0 aliphatic carbocycles. The first-order chi connectivity index (χ1) is 12.0. The summed E-state index contributed by atoms with van der Waals surface area (Å²) >= 11 is 0. The van der Waals surface area contributed by atoms with Crippen LogP contribution in [-0.4, -0.2) is 41.9 Å². The Labute approximate surface area is 144 Å². The molecule has 0 N–H and O–H groups in total. The Morgan fingerprint density at radius 3 is 2.72 bits per heavy atom. The molecular weight excluding hydrogens is 347 g/mol. The van der Waals surface area contributed by atoms with Gasteiger partial charge in [-0.1, -0.05) is 12.1 Å². The fraction of sp³-hybridized carbons (Fsp3) is 0.312. The van der Waals surface area contributed by atoms with Gasteiger partial charge >= 0.3 is 6.01 Å². The molecule has 1 aliphatic rings. The lowest BCUT2D eigenvalue weighted by atomic mass is 10.1. The van der Waals surface area contributed by atoms with Gasteiger partial charge in [-0.15, -0.1) is 0 Å². The maximum absolute atomic E-state index is 12.8. The van der Waals surface area contributed by atoms with Crippen LogP contribution in [0.25, 0.3) is 0 Å². The van der Waals surface area contributed by atoms with Crippen LogP contribution in [0.5, 0.6) is 6.01 Å². The summed E-state index contributed by atoms with van der Waals surface area (Å²) in [5.41, 5.74) is 0.104. The molecule has 2 aromatic rings. The summed E-state index contributed by atoms with van der Waals surface area (Å²) in [4.78, 5) is 7.43. The van der Waals surface area contributed by atoms with Gasteiger partial charge in [-0.05, 0) is 25.0 Å². The van der Waals surface area contributed by atoms with Crippen molar-refractivity contribution in [1.29, 1.82) is 5.26 Å². The minimum Gasteiger partial charge on any atom is -0.459 e. The molecule has 2 heterocycles. The lowest BCUT2D eigenvalue weighted by Gasteiger charge is -2.31. The molecule has 0 saturated carbocycles. The van der Waals surface area contributed by atoms with E-state index < -0.39 is 21.9 Å². The van der Waals surface area contributed by atoms with Crippen LogP contribution in [0.2, 0.25) is 0 Å². The molecule has 1 saturated heterocycles. The minimum atomic E-state index is -3.81. The Balaban J connectivity index is 1.78. The predicted molar refractivity (Wildman–Crippen MR) is 85.6 cm³/mol. The van der Waals surface area contributed by atoms with Crippen LogP contribution in [0.15, 0.2) is 41.6 Å². The Morgan fingerprint density at radius 2 is 2.00 bits per heavy atom. The zero-order valence-electron chi connectivity index (χ0n) is 13.2. The van der Waals surface area contributed by atoms with Gasteiger partial charge in [0.15, 0.2) is 5.82 Å². The number of ether oxygens (including phenoxy) is 1. The number of hydrogen-bond acceptors (Lipinski definition) is 6. The summed E-state index contributed by atoms with van der Waals surface area (Å²) in [7, 11) is -3.81. The van der Waals surface area contributed by atoms with Gasteiger partial charge in [0.05, 0.1) is 29.4 Å². The first-order valence-electron chi connectivity index (χ1n) is 7.64. The van der Waals surface area contributed by atoms with Gasteiger partial charge in [0.2, 0.25) is 10.0 Å². The molecule has 1 atom stereocenters. The first-order valence-corrected chi connectivity index (χ1v) is 9.08. The number of sulfonamides is 1. The molecule has 0 spiro atoms. The lowest BCUT2D eigenvalue weighted by molar-refractivity contribution is 0.119. The van der Waals surface area contributed by atoms with Crippen molar-refractivity contribution in [3.05, 3.63) is 48.0 Å². The second-order valence-corrected chi connectivity index (χ2v) is 7.44. The van der Waals surface area contributed by atoms with Crippen molar-refractivity contribution in [3.63, 3.8) is 0 Å². The van der Waals surface area contributed by atoms with Crippen LogP contribution < -0.4 is 4.74 Å². The smallest absolute Gasteiger partial charge is 0.316 e. The van der Waals surface area contributed by atoms with Crippen molar-refractivity contribution in [3.8, 4) is 12.1 Å². The number of piperidine rings is 1. The van der Waals surface area contributed by atoms with E-state index in [0.717, 1.165) is 12.4 Å². The van der Waals surface area contributed by atoms with Gasteiger partial charge in [-0.25, -0.2) is 22.8 Å². The van der Waals surface area contributed by atoms with Gasteiger partial charge in [0, 0.05) is 6.54 Å². The van der Waals surface area contributed by atoms with Crippen LogP contribution in [0.4, 0.5) is 4.39 Å². The van der Waals surface area contributed by atoms with E-state index >= 15 is 0 Å². The largest absolute Gasteiger partial charge is 0.459 e. The van der Waals surface area contributed by atoms with Crippen LogP contribution in [-0.2, 0) is 10.0 Å². The molecule has 1 aliphatic heterocycles. The van der Waals surface area contributed by atoms with E-state index in [0.29, 0.717) is 19.4 Å². The monoisotopic (exact) mass is 362 g/mol. The highest BCUT2D eigenvalue weighted by Gasteiger charge is 2.32. The number of hydrogen-bond donors (Lipinski definition) is 0. The van der Waals surface area contributed by atoms with E-state index in [1.165, 1.54) is 16.4 Å². The zero-order chi connectivity index (χ0) is 17.9. The number of rotatable bonds is 4. The molecule has 130 valence electrons. The van der Waals surface area contributed by atoms with Crippen LogP contribution in [0.1, 0.15) is 18.4 Å². The minimum absolute atomic E-state index is 0.00285. The average molecular weight is 362 g/mol. The third-order valence-corrected chi connectivity index (χ3v) is 5.76. The fourth-order valence-electron chi connectivity index (χ4n) is 2.65. The van der Waals surface area contributed by atoms with Crippen molar-refractivity contribution in [2.24, 2.45) is 0 Å². The number of benzene rings is 1. The van der Waals surface area contributed by atoms with Crippen molar-refractivity contribution < 1.29 is 17.5 Å². The first kappa shape index (κ1) is 17.3. The molecule has 0 radical (unpaired) electrons. The molecule has 25 heavy (non-hydrogen) atoms. The van der Waals surface area contributed by atoms with Gasteiger partial charge in [-0.3, -0.25) is 0 Å². The Morgan fingerprint density at radius 1 is 1.28 bits per heavy atom. The average Bonchev–Trinajstić information content (AvgIpc) is 2.64. The predicted octanol–water partition coefficient (Wildman–Crippen LogP) is 1.72. The normalized spacial score (nSPS) is 18.5. The fourth-order valence-corrected chi connectivity index (χ4v) is 4.31. The van der Waals surface area contributed by atoms with Crippen molar-refractivity contribution >= 4 is 10.0 Å². The van der Waals surface area contributed by atoms with E-state index in [2.05, 4.69) is 9.97 Å². The highest BCUT2D eigenvalue weighted by Crippen LogP contribution is 2.24. The summed E-state index contributed by atoms with van der Waals surface area (Å²) in [6.45, 7) is 0.453. The van der Waals surface area contributed by atoms with Gasteiger partial charge in [-0.2, -0.15) is 9.57 Å². The standard InChI is InChI=1S/C16H15FN4O3S/c17-13-9-19-16(20-10-13)24-14-5-3-7-21(11-14)25(22,23)15-6-2-1-4-12(15)8-18/h1-2,4,6,9-10,14H,3,5,7,11H2. The Kier molecular flexibility index (Phi) is 4.92. The molecule has 7 nitrogen and oxygen atoms in total. The van der Waals surface area contributed by atoms with E-state index in [1.54, 1.807) is 12.1 Å². The number of nitriles is 1. The molecule has 0 bridgehead atoms. The highest BCUT2D eigenvalue weighted by molar-refractivity contribution is 7.89. The summed E-state index contributed by atoms with van der Waals surface area (Å²) < 4.78 is 45.4. The van der Waals surface area contributed by atoms with Crippen molar-refractivity contribution in [1.82, 2.24) is 14.3 Å². The maximum Gasteiger partial charge on any atom is 0.316 e. The molecule has 3 rings (SSSR count). The van der Waals surface area contributed by atoms with Crippen molar-refractivity contribution in [2.75, 3.05) is 13.1 Å². The summed E-state index contributed by atoms with van der Waals surface area (Å²) in [5, 5.41) is 9.14. The molecule has 1 unspecified atom stereocenters. The quantitative estimate of drug-likeness (QED) is 0.822. The summed E-state index contributed by atoms with van der Waals surface area (Å²) in [6.07, 6.45) is 2.77. The molecule has 1 fully saturated rings. The summed E-state index contributed by atoms with van der Waals surface area (Å²) in [6, 6.07) is 7.99. The molecule has 1 aromatic carbocycles. The molecule has 9 heteroatoms. The molecule has 0 amide bonds. The van der Waals surface area contributed by atoms with Gasteiger partial charge < -0.3 is 4.74 Å². The Hall–Kier alpha value is -2.57. The van der Waals surface area contributed by atoms with Crippen LogP contribution in [0.3, 0.4) is 0 Å². The van der Waals surface area contributed by atoms with Crippen LogP contribution >= 0.6 is 0 Å². The van der Waals surface area contributed by atoms with Gasteiger partial charge in [0.25, 0.3) is 0 Å². The van der Waals surface area contributed by atoms with Crippen molar-refractivity contribution in [2.45, 2.75) is 23.8 Å². The number of aromatic nitrogens is 2. The third-order valence-electron chi connectivity index (χ3n) is 3.83. The SMILES string of the molecule is N#Cc1ccccc1S(=O)(=O)N1CCCC(Oc2ncc(F)cn2)C1. The van der Waals surface area contributed by atoms with Crippen LogP contribution in [0, 0.1) is 17.1 Å². The van der Waals surface area contributed by atoms with E-state index in [-0.39, 0.29) is 23.0 Å². The molecule has 1 aromatic heterocycles. The van der Waals surface area contributed by atoms with E-state index in [4.69, 9.17) is 10.00 Å². The zero-order valence-corrected chi connectivity index (χ0v) is 14.0. The lowest BCUT2D eigenvalue weighted by Crippen LogP contribution is -2.44. The highest BCUT2D eigenvalue weighted by atomic mass is 32.2. The topological polar surface area (TPSA) is 96.2 Å². The summed E-state index contributed by atoms with van der Waals surface area (Å²) in [5.74, 6) is -0.576. The number of nitrogens with zero attached hydrogens (tertiary/aromatic N) is 4. The molecular formula is C16H15FN4O3S. The number of halogens is 1. The second-order valence-electron chi connectivity index (χ2n) is 5.54. The van der Waals surface area contributed by atoms with Gasteiger partial charge in [0.1, 0.15) is 12.2 Å². The maximum atomic E-state index is 12.8. The van der Waals surface area contributed by atoms with E-state index in [9.17, 15) is 12.8 Å².